The molecule has 4 rings (SSSR count). The van der Waals surface area contributed by atoms with E-state index in [0.717, 1.165) is 0 Å². The first-order chi connectivity index (χ1) is 25.8. The van der Waals surface area contributed by atoms with Crippen LogP contribution in [0.1, 0.15) is 49.9 Å². The molecular formula is C42H48N4O8Zn2. The Morgan fingerprint density at radius 1 is 0.411 bits per heavy atom. The van der Waals surface area contributed by atoms with Crippen LogP contribution in [0.4, 0.5) is 0 Å². The molecule has 0 atom stereocenters. The van der Waals surface area contributed by atoms with Crippen molar-refractivity contribution in [2.75, 3.05) is 54.6 Å². The van der Waals surface area contributed by atoms with Gasteiger partial charge in [-0.05, 0) is 46.5 Å². The Morgan fingerprint density at radius 2 is 0.607 bits per heavy atom. The molecule has 56 heavy (non-hydrogen) atoms. The zero-order valence-electron chi connectivity index (χ0n) is 33.5. The van der Waals surface area contributed by atoms with E-state index < -0.39 is 0 Å². The van der Waals surface area contributed by atoms with Gasteiger partial charge in [0.2, 0.25) is 0 Å². The van der Waals surface area contributed by atoms with Crippen molar-refractivity contribution in [2.24, 2.45) is 30.8 Å². The summed E-state index contributed by atoms with van der Waals surface area (Å²) in [6.45, 7) is 10.0. The zero-order chi connectivity index (χ0) is 39.7. The first-order valence-electron chi connectivity index (χ1n) is 17.1. The normalized spacial score (nSPS) is 11.6. The van der Waals surface area contributed by atoms with Crippen molar-refractivity contribution in [1.82, 2.24) is 0 Å². The fourth-order valence-corrected chi connectivity index (χ4v) is 4.85. The van der Waals surface area contributed by atoms with E-state index in [9.17, 15) is 20.4 Å². The van der Waals surface area contributed by atoms with Gasteiger partial charge >= 0.3 is 39.0 Å². The van der Waals surface area contributed by atoms with Crippen molar-refractivity contribution in [2.45, 2.75) is 27.7 Å². The third-order valence-electron chi connectivity index (χ3n) is 7.92. The zero-order valence-corrected chi connectivity index (χ0v) is 39.5. The van der Waals surface area contributed by atoms with Gasteiger partial charge in [0.1, 0.15) is 23.0 Å². The maximum absolute atomic E-state index is 12.1. The Morgan fingerprint density at radius 3 is 0.786 bits per heavy atom. The molecule has 0 unspecified atom stereocenters. The van der Waals surface area contributed by atoms with Gasteiger partial charge in [0.25, 0.3) is 0 Å². The number of aliphatic imine (C=N–C) groups is 4. The van der Waals surface area contributed by atoms with E-state index in [1.807, 2.05) is 27.7 Å². The SMILES string of the molecule is COc1cccc(C=NCC(C)(C)CN=Cc2cccc(OC)c2[O-])c1[O-].COc1cccc(C=NCC(C)(C)CN=Cc2cccc(OC)c2[O-])c1[O-].[Zn+2].[Zn+2]. The second-order valence-corrected chi connectivity index (χ2v) is 13.7. The van der Waals surface area contributed by atoms with Crippen molar-refractivity contribution < 1.29 is 78.3 Å². The molecule has 0 aliphatic carbocycles. The van der Waals surface area contributed by atoms with Crippen molar-refractivity contribution in [3.63, 3.8) is 0 Å². The smallest absolute Gasteiger partial charge is 0.870 e. The topological polar surface area (TPSA) is 179 Å². The molecule has 0 bridgehead atoms. The van der Waals surface area contributed by atoms with E-state index in [4.69, 9.17) is 18.9 Å². The number of hydrogen-bond acceptors (Lipinski definition) is 12. The Kier molecular flexibility index (Phi) is 21.1. The summed E-state index contributed by atoms with van der Waals surface area (Å²) in [5, 5.41) is 48.4. The number of para-hydroxylation sites is 4. The molecule has 0 N–H and O–H groups in total. The summed E-state index contributed by atoms with van der Waals surface area (Å²) in [6.07, 6.45) is 6.25. The second-order valence-electron chi connectivity index (χ2n) is 13.7. The molecule has 0 amide bonds. The summed E-state index contributed by atoms with van der Waals surface area (Å²) in [5.74, 6) is 0.482. The third kappa shape index (κ3) is 15.0. The van der Waals surface area contributed by atoms with Gasteiger partial charge in [-0.1, -0.05) is 99.2 Å². The minimum atomic E-state index is -0.225. The fraction of sp³-hybridized carbons (Fsp3) is 0.333. The van der Waals surface area contributed by atoms with Crippen molar-refractivity contribution >= 4 is 24.9 Å². The van der Waals surface area contributed by atoms with Crippen LogP contribution in [-0.2, 0) is 39.0 Å². The average Bonchev–Trinajstić information content (AvgIpc) is 3.14. The van der Waals surface area contributed by atoms with Gasteiger partial charge in [-0.2, -0.15) is 0 Å². The number of methoxy groups -OCH3 is 4. The second kappa shape index (κ2) is 24.0. The predicted octanol–water partition coefficient (Wildman–Crippen LogP) is 4.83. The molecular weight excluding hydrogens is 819 g/mol. The first kappa shape index (κ1) is 49.2. The van der Waals surface area contributed by atoms with Crippen LogP contribution in [0, 0.1) is 10.8 Å². The molecule has 12 nitrogen and oxygen atoms in total. The molecule has 0 fully saturated rings. The van der Waals surface area contributed by atoms with Gasteiger partial charge in [-0.3, -0.25) is 20.0 Å². The van der Waals surface area contributed by atoms with Gasteiger partial charge in [-0.15, -0.1) is 0 Å². The summed E-state index contributed by atoms with van der Waals surface area (Å²) in [5.41, 5.74) is 1.50. The molecule has 0 saturated carbocycles. The van der Waals surface area contributed by atoms with Crippen LogP contribution in [0.3, 0.4) is 0 Å². The van der Waals surface area contributed by atoms with Gasteiger partial charge < -0.3 is 39.4 Å². The summed E-state index contributed by atoms with van der Waals surface area (Å²) >= 11 is 0. The number of rotatable bonds is 16. The van der Waals surface area contributed by atoms with Crippen LogP contribution in [-0.4, -0.2) is 79.5 Å². The van der Waals surface area contributed by atoms with Crippen LogP contribution in [0.15, 0.2) is 92.8 Å². The summed E-state index contributed by atoms with van der Waals surface area (Å²) in [7, 11) is 5.87. The van der Waals surface area contributed by atoms with Gasteiger partial charge in [0.15, 0.2) is 0 Å². The predicted molar refractivity (Wildman–Crippen MR) is 207 cm³/mol. The third-order valence-corrected chi connectivity index (χ3v) is 7.92. The molecule has 4 aromatic carbocycles. The van der Waals surface area contributed by atoms with Crippen LogP contribution >= 0.6 is 0 Å². The molecule has 0 spiro atoms. The average molecular weight is 868 g/mol. The van der Waals surface area contributed by atoms with E-state index >= 15 is 0 Å². The van der Waals surface area contributed by atoms with Crippen molar-refractivity contribution in [3.8, 4) is 46.0 Å². The van der Waals surface area contributed by atoms with Crippen molar-refractivity contribution in [1.29, 1.82) is 0 Å². The Balaban J connectivity index is 0.000000541. The molecule has 0 radical (unpaired) electrons. The molecule has 0 heterocycles. The van der Waals surface area contributed by atoms with Crippen LogP contribution in [0.2, 0.25) is 0 Å². The van der Waals surface area contributed by atoms with Gasteiger partial charge in [0.05, 0.1) is 28.4 Å². The molecule has 0 aliphatic heterocycles. The van der Waals surface area contributed by atoms with E-state index in [2.05, 4.69) is 20.0 Å². The minimum absolute atomic E-state index is 0. The van der Waals surface area contributed by atoms with Crippen LogP contribution < -0.4 is 39.4 Å². The number of benzene rings is 4. The summed E-state index contributed by atoms with van der Waals surface area (Å²) in [4.78, 5) is 17.5. The molecule has 4 aromatic rings. The Bertz CT molecular complexity index is 1670. The summed E-state index contributed by atoms with van der Waals surface area (Å²) < 4.78 is 20.1. The van der Waals surface area contributed by atoms with E-state index in [-0.39, 0.29) is 72.8 Å². The monoisotopic (exact) mass is 864 g/mol. The Hall–Kier alpha value is -4.79. The minimum Gasteiger partial charge on any atom is -0.870 e. The maximum Gasteiger partial charge on any atom is 2.00 e. The van der Waals surface area contributed by atoms with E-state index in [0.29, 0.717) is 71.4 Å². The standard InChI is InChI=1S/2C21H26N2O4.2Zn/c2*1-21(2,13-22-11-15-7-5-9-17(26-3)19(15)24)14-23-12-16-8-6-10-18(27-4)20(16)25;;/h2*5-12,24-25H,13-14H2,1-4H3;;/q;;2*+2/p-4. The largest absolute Gasteiger partial charge is 2.00 e. The first-order valence-corrected chi connectivity index (χ1v) is 17.1. The molecule has 0 aliphatic rings. The van der Waals surface area contributed by atoms with Crippen molar-refractivity contribution in [3.05, 3.63) is 95.1 Å². The molecule has 0 aromatic heterocycles. The van der Waals surface area contributed by atoms with Crippen LogP contribution in [0.25, 0.3) is 0 Å². The fourth-order valence-electron chi connectivity index (χ4n) is 4.85. The van der Waals surface area contributed by atoms with Crippen LogP contribution in [0.5, 0.6) is 46.0 Å². The molecule has 0 saturated heterocycles. The quantitative estimate of drug-likeness (QED) is 0.114. The molecule has 14 heteroatoms. The molecule has 288 valence electrons. The number of ether oxygens (including phenoxy) is 4. The number of hydrogen-bond donors (Lipinski definition) is 0. The summed E-state index contributed by atoms with van der Waals surface area (Å²) in [6, 6.07) is 20.4. The Labute approximate surface area is 355 Å². The van der Waals surface area contributed by atoms with Gasteiger partial charge in [0, 0.05) is 61.9 Å². The van der Waals surface area contributed by atoms with E-state index in [1.165, 1.54) is 28.4 Å². The van der Waals surface area contributed by atoms with Gasteiger partial charge in [-0.25, -0.2) is 0 Å². The number of nitrogens with zero attached hydrogens (tertiary/aromatic N) is 4. The van der Waals surface area contributed by atoms with E-state index in [1.54, 1.807) is 97.7 Å². The maximum atomic E-state index is 12.1.